The first-order chi connectivity index (χ1) is 12.2. The highest BCUT2D eigenvalue weighted by molar-refractivity contribution is 9.10. The monoisotopic (exact) mass is 395 g/mol. The number of fused-ring (bicyclic) bond motifs is 1. The fourth-order valence-corrected chi connectivity index (χ4v) is 3.55. The molecule has 0 saturated carbocycles. The lowest BCUT2D eigenvalue weighted by molar-refractivity contribution is 0.715. The quantitative estimate of drug-likeness (QED) is 0.718. The molecule has 25 heavy (non-hydrogen) atoms. The summed E-state index contributed by atoms with van der Waals surface area (Å²) in [7, 11) is 0. The van der Waals surface area contributed by atoms with Crippen molar-refractivity contribution in [3.8, 4) is 0 Å². The summed E-state index contributed by atoms with van der Waals surface area (Å²) in [6.45, 7) is 3.84. The van der Waals surface area contributed by atoms with E-state index in [-0.39, 0.29) is 0 Å². The van der Waals surface area contributed by atoms with Gasteiger partial charge in [-0.15, -0.1) is 5.10 Å². The molecule has 0 amide bonds. The molecular formula is C19H18BrN5. The normalized spacial score (nSPS) is 13.4. The lowest BCUT2D eigenvalue weighted by Gasteiger charge is -2.29. The molecule has 1 aromatic heterocycles. The standard InChI is InChI=1S/C19H18BrN5/c1-13-10-16(20)6-7-17(13)22-19-23-18(11-21-24-19)25-9-8-14-4-2-3-5-15(14)12-25/h2-7,10-11H,8-9,12H2,1H3,(H,22,23,24). The Morgan fingerprint density at radius 3 is 2.80 bits per heavy atom. The summed E-state index contributed by atoms with van der Waals surface area (Å²) in [5.41, 5.74) is 4.87. The van der Waals surface area contributed by atoms with Crippen molar-refractivity contribution >= 4 is 33.4 Å². The highest BCUT2D eigenvalue weighted by Gasteiger charge is 2.18. The van der Waals surface area contributed by atoms with Gasteiger partial charge in [-0.05, 0) is 48.2 Å². The minimum Gasteiger partial charge on any atom is -0.350 e. The molecule has 5 nitrogen and oxygen atoms in total. The van der Waals surface area contributed by atoms with E-state index in [2.05, 4.69) is 71.7 Å². The van der Waals surface area contributed by atoms with E-state index < -0.39 is 0 Å². The van der Waals surface area contributed by atoms with Crippen LogP contribution < -0.4 is 10.2 Å². The van der Waals surface area contributed by atoms with Crippen molar-refractivity contribution in [1.82, 2.24) is 15.2 Å². The van der Waals surface area contributed by atoms with Crippen LogP contribution >= 0.6 is 15.9 Å². The summed E-state index contributed by atoms with van der Waals surface area (Å²) < 4.78 is 1.05. The average molecular weight is 396 g/mol. The first-order valence-corrected chi connectivity index (χ1v) is 9.03. The molecule has 1 aliphatic heterocycles. The van der Waals surface area contributed by atoms with Gasteiger partial charge in [0.25, 0.3) is 0 Å². The van der Waals surface area contributed by atoms with Crippen LogP contribution in [0.3, 0.4) is 0 Å². The summed E-state index contributed by atoms with van der Waals surface area (Å²) in [4.78, 5) is 6.90. The number of benzene rings is 2. The largest absolute Gasteiger partial charge is 0.350 e. The van der Waals surface area contributed by atoms with E-state index in [0.717, 1.165) is 41.1 Å². The molecular weight excluding hydrogens is 378 g/mol. The molecule has 2 aromatic carbocycles. The Kier molecular flexibility index (Phi) is 4.36. The van der Waals surface area contributed by atoms with Crippen molar-refractivity contribution in [1.29, 1.82) is 0 Å². The summed E-state index contributed by atoms with van der Waals surface area (Å²) in [5.74, 6) is 1.36. The Hall–Kier alpha value is -2.47. The fourth-order valence-electron chi connectivity index (χ4n) is 3.08. The number of aromatic nitrogens is 3. The molecule has 4 rings (SSSR count). The smallest absolute Gasteiger partial charge is 0.249 e. The van der Waals surface area contributed by atoms with Gasteiger partial charge in [0.2, 0.25) is 5.95 Å². The lowest BCUT2D eigenvalue weighted by atomic mass is 10.0. The van der Waals surface area contributed by atoms with E-state index in [4.69, 9.17) is 0 Å². The Balaban J connectivity index is 1.56. The molecule has 0 unspecified atom stereocenters. The first kappa shape index (κ1) is 16.0. The first-order valence-electron chi connectivity index (χ1n) is 8.24. The molecule has 0 aliphatic carbocycles. The van der Waals surface area contributed by atoms with Crippen LogP contribution in [0.1, 0.15) is 16.7 Å². The molecule has 6 heteroatoms. The molecule has 2 heterocycles. The maximum Gasteiger partial charge on any atom is 0.249 e. The number of hydrogen-bond donors (Lipinski definition) is 1. The molecule has 0 spiro atoms. The molecule has 0 saturated heterocycles. The zero-order valence-corrected chi connectivity index (χ0v) is 15.5. The number of anilines is 3. The summed E-state index contributed by atoms with van der Waals surface area (Å²) in [5, 5.41) is 11.5. The molecule has 1 N–H and O–H groups in total. The second-order valence-corrected chi connectivity index (χ2v) is 7.08. The second kappa shape index (κ2) is 6.80. The SMILES string of the molecule is Cc1cc(Br)ccc1Nc1nncc(N2CCc3ccccc3C2)n1. The van der Waals surface area contributed by atoms with Gasteiger partial charge >= 0.3 is 0 Å². The number of nitrogens with zero attached hydrogens (tertiary/aromatic N) is 4. The third-order valence-corrected chi connectivity index (χ3v) is 4.93. The van der Waals surface area contributed by atoms with E-state index >= 15 is 0 Å². The zero-order chi connectivity index (χ0) is 17.2. The van der Waals surface area contributed by atoms with Crippen molar-refractivity contribution < 1.29 is 0 Å². The molecule has 1 aliphatic rings. The zero-order valence-electron chi connectivity index (χ0n) is 13.9. The van der Waals surface area contributed by atoms with Gasteiger partial charge in [0, 0.05) is 23.2 Å². The predicted octanol–water partition coefficient (Wildman–Crippen LogP) is 4.25. The maximum absolute atomic E-state index is 4.66. The molecule has 0 atom stereocenters. The van der Waals surface area contributed by atoms with Gasteiger partial charge in [-0.25, -0.2) is 0 Å². The van der Waals surface area contributed by atoms with E-state index in [1.54, 1.807) is 6.20 Å². The number of rotatable bonds is 3. The van der Waals surface area contributed by atoms with Crippen LogP contribution in [0.25, 0.3) is 0 Å². The number of nitrogens with one attached hydrogen (secondary N) is 1. The van der Waals surface area contributed by atoms with Crippen LogP contribution in [0, 0.1) is 6.92 Å². The Morgan fingerprint density at radius 1 is 1.12 bits per heavy atom. The predicted molar refractivity (Wildman–Crippen MR) is 103 cm³/mol. The van der Waals surface area contributed by atoms with Crippen molar-refractivity contribution in [2.24, 2.45) is 0 Å². The summed E-state index contributed by atoms with van der Waals surface area (Å²) in [6.07, 6.45) is 2.75. The van der Waals surface area contributed by atoms with Gasteiger partial charge in [-0.3, -0.25) is 0 Å². The molecule has 0 fully saturated rings. The Labute approximate surface area is 155 Å². The Bertz CT molecular complexity index is 912. The minimum absolute atomic E-state index is 0.516. The molecule has 126 valence electrons. The van der Waals surface area contributed by atoms with E-state index in [0.29, 0.717) is 5.95 Å². The van der Waals surface area contributed by atoms with Crippen molar-refractivity contribution in [3.05, 3.63) is 69.8 Å². The third-order valence-electron chi connectivity index (χ3n) is 4.44. The van der Waals surface area contributed by atoms with Crippen molar-refractivity contribution in [2.45, 2.75) is 19.9 Å². The van der Waals surface area contributed by atoms with E-state index in [1.807, 2.05) is 19.1 Å². The van der Waals surface area contributed by atoms with E-state index in [1.165, 1.54) is 11.1 Å². The van der Waals surface area contributed by atoms with Crippen LogP contribution in [0.5, 0.6) is 0 Å². The van der Waals surface area contributed by atoms with Gasteiger partial charge in [-0.2, -0.15) is 10.1 Å². The van der Waals surface area contributed by atoms with Gasteiger partial charge in [-0.1, -0.05) is 40.2 Å². The van der Waals surface area contributed by atoms with Gasteiger partial charge < -0.3 is 10.2 Å². The number of halogens is 1. The van der Waals surface area contributed by atoms with Crippen LogP contribution in [-0.2, 0) is 13.0 Å². The summed E-state index contributed by atoms with van der Waals surface area (Å²) in [6, 6.07) is 14.6. The third kappa shape index (κ3) is 3.49. The highest BCUT2D eigenvalue weighted by Crippen LogP contribution is 2.25. The maximum atomic E-state index is 4.66. The molecule has 3 aromatic rings. The van der Waals surface area contributed by atoms with Crippen LogP contribution in [0.2, 0.25) is 0 Å². The molecule has 0 bridgehead atoms. The average Bonchev–Trinajstić information content (AvgIpc) is 2.64. The van der Waals surface area contributed by atoms with Crippen molar-refractivity contribution in [2.75, 3.05) is 16.8 Å². The van der Waals surface area contributed by atoms with Crippen LogP contribution in [0.4, 0.5) is 17.5 Å². The lowest BCUT2D eigenvalue weighted by Crippen LogP contribution is -2.31. The fraction of sp³-hybridized carbons (Fsp3) is 0.211. The van der Waals surface area contributed by atoms with E-state index in [9.17, 15) is 0 Å². The minimum atomic E-state index is 0.516. The summed E-state index contributed by atoms with van der Waals surface area (Å²) >= 11 is 3.48. The second-order valence-electron chi connectivity index (χ2n) is 6.16. The van der Waals surface area contributed by atoms with Crippen LogP contribution in [0.15, 0.2) is 53.1 Å². The van der Waals surface area contributed by atoms with Gasteiger partial charge in [0.05, 0.1) is 6.20 Å². The Morgan fingerprint density at radius 2 is 1.96 bits per heavy atom. The highest BCUT2D eigenvalue weighted by atomic mass is 79.9. The van der Waals surface area contributed by atoms with Gasteiger partial charge in [0.15, 0.2) is 5.82 Å². The van der Waals surface area contributed by atoms with Gasteiger partial charge in [0.1, 0.15) is 0 Å². The number of hydrogen-bond acceptors (Lipinski definition) is 5. The van der Waals surface area contributed by atoms with Crippen molar-refractivity contribution in [3.63, 3.8) is 0 Å². The molecule has 0 radical (unpaired) electrons. The topological polar surface area (TPSA) is 53.9 Å². The number of aryl methyl sites for hydroxylation is 1. The van der Waals surface area contributed by atoms with Crippen LogP contribution in [-0.4, -0.2) is 21.7 Å².